The van der Waals surface area contributed by atoms with E-state index in [4.69, 9.17) is 0 Å². The van der Waals surface area contributed by atoms with Crippen LogP contribution in [0, 0.1) is 5.41 Å². The predicted octanol–water partition coefficient (Wildman–Crippen LogP) is 5.91. The molecule has 1 saturated carbocycles. The van der Waals surface area contributed by atoms with Crippen LogP contribution in [0.1, 0.15) is 39.5 Å². The van der Waals surface area contributed by atoms with Crippen LogP contribution in [-0.4, -0.2) is 10.6 Å². The summed E-state index contributed by atoms with van der Waals surface area (Å²) in [5, 5.41) is 10.8. The molecular formula is C22H25NO. The number of para-hydroxylation sites is 1. The quantitative estimate of drug-likeness (QED) is 0.743. The van der Waals surface area contributed by atoms with E-state index >= 15 is 0 Å². The first-order valence-corrected chi connectivity index (χ1v) is 8.91. The smallest absolute Gasteiger partial charge is 0.117 e. The Morgan fingerprint density at radius 2 is 1.54 bits per heavy atom. The molecule has 0 spiro atoms. The number of aliphatic hydroxyl groups is 1. The van der Waals surface area contributed by atoms with Crippen molar-refractivity contribution < 1.29 is 5.11 Å². The third-order valence-corrected chi connectivity index (χ3v) is 6.38. The number of anilines is 1. The van der Waals surface area contributed by atoms with E-state index in [2.05, 4.69) is 67.3 Å². The average molecular weight is 319 g/mol. The largest absolute Gasteiger partial charge is 0.510 e. The van der Waals surface area contributed by atoms with Gasteiger partial charge in [-0.15, -0.1) is 0 Å². The Balaban J connectivity index is 1.86. The van der Waals surface area contributed by atoms with Crippen molar-refractivity contribution in [2.24, 2.45) is 5.41 Å². The van der Waals surface area contributed by atoms with E-state index in [9.17, 15) is 5.11 Å². The second-order valence-electron chi connectivity index (χ2n) is 7.58. The molecule has 2 unspecified atom stereocenters. The zero-order valence-electron chi connectivity index (χ0n) is 14.5. The summed E-state index contributed by atoms with van der Waals surface area (Å²) < 4.78 is 0. The Kier molecular flexibility index (Phi) is 3.45. The van der Waals surface area contributed by atoms with Crippen LogP contribution in [0.5, 0.6) is 0 Å². The molecule has 1 N–H and O–H groups in total. The van der Waals surface area contributed by atoms with Crippen molar-refractivity contribution in [2.45, 2.75) is 45.1 Å². The number of benzene rings is 2. The lowest BCUT2D eigenvalue weighted by molar-refractivity contribution is 0.104. The van der Waals surface area contributed by atoms with E-state index in [0.717, 1.165) is 12.8 Å². The first-order valence-electron chi connectivity index (χ1n) is 8.91. The van der Waals surface area contributed by atoms with Gasteiger partial charge in [0.25, 0.3) is 0 Å². The van der Waals surface area contributed by atoms with Crippen LogP contribution >= 0.6 is 0 Å². The highest BCUT2D eigenvalue weighted by atomic mass is 16.3. The number of rotatable bonds is 2. The number of hydrogen-bond acceptors (Lipinski definition) is 2. The molecule has 2 aromatic rings. The highest BCUT2D eigenvalue weighted by Gasteiger charge is 2.56. The van der Waals surface area contributed by atoms with Gasteiger partial charge in [-0.1, -0.05) is 68.3 Å². The Morgan fingerprint density at radius 3 is 2.33 bits per heavy atom. The molecular weight excluding hydrogens is 294 g/mol. The summed E-state index contributed by atoms with van der Waals surface area (Å²) >= 11 is 0. The summed E-state index contributed by atoms with van der Waals surface area (Å²) in [4.78, 5) is 2.34. The Labute approximate surface area is 144 Å². The summed E-state index contributed by atoms with van der Waals surface area (Å²) in [5.41, 5.74) is 3.39. The molecule has 2 nitrogen and oxygen atoms in total. The molecule has 0 aromatic heterocycles. The molecule has 0 bridgehead atoms. The zero-order chi connectivity index (χ0) is 16.8. The van der Waals surface area contributed by atoms with Crippen molar-refractivity contribution in [1.82, 2.24) is 0 Å². The fraction of sp³-hybridized carbons (Fsp3) is 0.364. The van der Waals surface area contributed by atoms with Gasteiger partial charge in [0.1, 0.15) is 5.76 Å². The summed E-state index contributed by atoms with van der Waals surface area (Å²) in [6.45, 7) is 4.54. The summed E-state index contributed by atoms with van der Waals surface area (Å²) in [7, 11) is 0. The van der Waals surface area contributed by atoms with Crippen LogP contribution in [-0.2, 0) is 0 Å². The normalized spacial score (nSPS) is 29.2. The number of nitrogens with zero attached hydrogens (tertiary/aromatic N) is 1. The predicted molar refractivity (Wildman–Crippen MR) is 100 cm³/mol. The van der Waals surface area contributed by atoms with Crippen LogP contribution in [0.4, 0.5) is 5.69 Å². The van der Waals surface area contributed by atoms with Gasteiger partial charge in [0, 0.05) is 22.9 Å². The van der Waals surface area contributed by atoms with Crippen molar-refractivity contribution >= 4 is 5.69 Å². The lowest BCUT2D eigenvalue weighted by atomic mass is 9.63. The molecule has 2 heteroatoms. The van der Waals surface area contributed by atoms with Crippen LogP contribution in [0.25, 0.3) is 11.1 Å². The van der Waals surface area contributed by atoms with Gasteiger partial charge in [0.05, 0.1) is 5.54 Å². The van der Waals surface area contributed by atoms with Crippen molar-refractivity contribution in [1.29, 1.82) is 0 Å². The van der Waals surface area contributed by atoms with Crippen LogP contribution in [0.3, 0.4) is 0 Å². The molecule has 2 aromatic carbocycles. The Bertz CT molecular complexity index is 782. The van der Waals surface area contributed by atoms with Crippen LogP contribution in [0.2, 0.25) is 0 Å². The Hall–Kier alpha value is -2.22. The van der Waals surface area contributed by atoms with Crippen molar-refractivity contribution in [3.8, 4) is 11.1 Å². The minimum atomic E-state index is -0.158. The monoisotopic (exact) mass is 319 g/mol. The van der Waals surface area contributed by atoms with Gasteiger partial charge in [-0.2, -0.15) is 0 Å². The molecule has 0 amide bonds. The van der Waals surface area contributed by atoms with Crippen molar-refractivity contribution in [3.05, 3.63) is 66.6 Å². The number of aliphatic hydroxyl groups excluding tert-OH is 1. The maximum atomic E-state index is 10.8. The minimum Gasteiger partial charge on any atom is -0.510 e. The third-order valence-electron chi connectivity index (χ3n) is 6.38. The van der Waals surface area contributed by atoms with E-state index in [-0.39, 0.29) is 11.0 Å². The molecule has 2 atom stereocenters. The average Bonchev–Trinajstić information content (AvgIpc) is 2.83. The van der Waals surface area contributed by atoms with Gasteiger partial charge in [-0.05, 0) is 31.4 Å². The zero-order valence-corrected chi connectivity index (χ0v) is 14.5. The number of fused-ring (bicyclic) bond motifs is 1. The fourth-order valence-electron chi connectivity index (χ4n) is 4.57. The van der Waals surface area contributed by atoms with Gasteiger partial charge < -0.3 is 10.0 Å². The van der Waals surface area contributed by atoms with Gasteiger partial charge in [0.15, 0.2) is 0 Å². The van der Waals surface area contributed by atoms with Crippen LogP contribution in [0.15, 0.2) is 66.6 Å². The fourth-order valence-corrected chi connectivity index (χ4v) is 4.57. The molecule has 1 aliphatic heterocycles. The van der Waals surface area contributed by atoms with E-state index in [1.54, 1.807) is 0 Å². The lowest BCUT2D eigenvalue weighted by Crippen LogP contribution is -2.53. The summed E-state index contributed by atoms with van der Waals surface area (Å²) in [6, 6.07) is 19.1. The first kappa shape index (κ1) is 15.3. The highest BCUT2D eigenvalue weighted by molar-refractivity contribution is 5.80. The number of hydrogen-bond donors (Lipinski definition) is 1. The molecule has 0 saturated heterocycles. The van der Waals surface area contributed by atoms with Crippen LogP contribution < -0.4 is 4.90 Å². The van der Waals surface area contributed by atoms with E-state index in [1.807, 2.05) is 12.3 Å². The molecule has 1 fully saturated rings. The molecule has 0 radical (unpaired) electrons. The molecule has 2 aliphatic rings. The maximum Gasteiger partial charge on any atom is 0.117 e. The second-order valence-corrected chi connectivity index (χ2v) is 7.58. The topological polar surface area (TPSA) is 23.5 Å². The first-order chi connectivity index (χ1) is 11.6. The standard InChI is InChI=1S/C22H25NO/c1-21-14-8-9-15-22(21,2)23(16-20(21)24)19-13-7-6-12-18(19)17-10-4-3-5-11-17/h3-7,10-13,16,24H,8-9,14-15H2,1-2H3. The highest BCUT2D eigenvalue weighted by Crippen LogP contribution is 2.57. The Morgan fingerprint density at radius 1 is 0.875 bits per heavy atom. The minimum absolute atomic E-state index is 0.0692. The van der Waals surface area contributed by atoms with Crippen molar-refractivity contribution in [2.75, 3.05) is 4.90 Å². The molecule has 124 valence electrons. The van der Waals surface area contributed by atoms with Gasteiger partial charge >= 0.3 is 0 Å². The lowest BCUT2D eigenvalue weighted by Gasteiger charge is -2.50. The van der Waals surface area contributed by atoms with Crippen molar-refractivity contribution in [3.63, 3.8) is 0 Å². The SMILES string of the molecule is CC12CCCCC1(C)N(c1ccccc1-c1ccccc1)C=C2O. The maximum absolute atomic E-state index is 10.8. The molecule has 1 aliphatic carbocycles. The molecule has 4 rings (SSSR count). The third kappa shape index (κ3) is 2.02. The van der Waals surface area contributed by atoms with E-state index in [0.29, 0.717) is 5.76 Å². The molecule has 24 heavy (non-hydrogen) atoms. The van der Waals surface area contributed by atoms with Gasteiger partial charge in [-0.3, -0.25) is 0 Å². The summed E-state index contributed by atoms with van der Waals surface area (Å²) in [6.07, 6.45) is 6.55. The van der Waals surface area contributed by atoms with E-state index in [1.165, 1.54) is 29.7 Å². The second kappa shape index (κ2) is 5.41. The van der Waals surface area contributed by atoms with Gasteiger partial charge in [0.2, 0.25) is 0 Å². The summed E-state index contributed by atoms with van der Waals surface area (Å²) in [5.74, 6) is 0.535. The molecule has 1 heterocycles. The van der Waals surface area contributed by atoms with Gasteiger partial charge in [-0.25, -0.2) is 0 Å². The van der Waals surface area contributed by atoms with E-state index < -0.39 is 0 Å².